The zero-order chi connectivity index (χ0) is 20.9. The van der Waals surface area contributed by atoms with Crippen LogP contribution in [-0.4, -0.2) is 39.5 Å². The standard InChI is InChI=1S/C20H23N3O5S/c1-14-4-6-15(7-5-14)19(24)22-23-20(25)16-8-10-18(11-9-16)29(26,27)21-13-17-3-2-12-28-17/h4-11,17,21H,2-3,12-13H2,1H3,(H,22,24)(H,23,25)/t17-/m0/s1. The van der Waals surface area contributed by atoms with Crippen LogP contribution in [0.5, 0.6) is 0 Å². The van der Waals surface area contributed by atoms with E-state index in [0.29, 0.717) is 12.2 Å². The third-order valence-electron chi connectivity index (χ3n) is 4.56. The first-order valence-electron chi connectivity index (χ1n) is 9.24. The largest absolute Gasteiger partial charge is 0.377 e. The Bertz CT molecular complexity index is 966. The van der Waals surface area contributed by atoms with E-state index in [9.17, 15) is 18.0 Å². The Labute approximate surface area is 169 Å². The van der Waals surface area contributed by atoms with E-state index in [1.165, 1.54) is 24.3 Å². The van der Waals surface area contributed by atoms with Gasteiger partial charge < -0.3 is 4.74 Å². The van der Waals surface area contributed by atoms with Crippen LogP contribution >= 0.6 is 0 Å². The van der Waals surface area contributed by atoms with Gasteiger partial charge in [-0.3, -0.25) is 20.4 Å². The zero-order valence-electron chi connectivity index (χ0n) is 16.0. The van der Waals surface area contributed by atoms with E-state index < -0.39 is 21.8 Å². The molecule has 0 saturated carbocycles. The minimum absolute atomic E-state index is 0.0516. The van der Waals surface area contributed by atoms with Crippen molar-refractivity contribution in [2.75, 3.05) is 13.2 Å². The number of hydrogen-bond donors (Lipinski definition) is 3. The van der Waals surface area contributed by atoms with Gasteiger partial charge in [0.05, 0.1) is 11.0 Å². The Hall–Kier alpha value is -2.75. The number of ether oxygens (including phenoxy) is 1. The molecule has 1 aliphatic heterocycles. The Morgan fingerprint density at radius 3 is 2.03 bits per heavy atom. The maximum absolute atomic E-state index is 12.3. The lowest BCUT2D eigenvalue weighted by Crippen LogP contribution is -2.41. The second-order valence-electron chi connectivity index (χ2n) is 6.79. The number of rotatable bonds is 6. The lowest BCUT2D eigenvalue weighted by molar-refractivity contribution is 0.0846. The number of benzene rings is 2. The summed E-state index contributed by atoms with van der Waals surface area (Å²) in [4.78, 5) is 24.3. The average molecular weight is 417 g/mol. The van der Waals surface area contributed by atoms with Crippen LogP contribution in [0.4, 0.5) is 0 Å². The van der Waals surface area contributed by atoms with Gasteiger partial charge in [0, 0.05) is 24.3 Å². The van der Waals surface area contributed by atoms with Gasteiger partial charge in [-0.1, -0.05) is 17.7 Å². The summed E-state index contributed by atoms with van der Waals surface area (Å²) < 4.78 is 32.6. The topological polar surface area (TPSA) is 114 Å². The smallest absolute Gasteiger partial charge is 0.269 e. The van der Waals surface area contributed by atoms with Crippen LogP contribution in [0.25, 0.3) is 0 Å². The third-order valence-corrected chi connectivity index (χ3v) is 5.99. The normalized spacial score (nSPS) is 16.4. The maximum Gasteiger partial charge on any atom is 0.269 e. The van der Waals surface area contributed by atoms with Crippen LogP contribution in [0.2, 0.25) is 0 Å². The molecule has 0 aliphatic carbocycles. The van der Waals surface area contributed by atoms with Crippen molar-refractivity contribution < 1.29 is 22.7 Å². The third kappa shape index (κ3) is 5.63. The Morgan fingerprint density at radius 1 is 0.966 bits per heavy atom. The molecule has 0 spiro atoms. The molecule has 9 heteroatoms. The second kappa shape index (κ2) is 9.17. The van der Waals surface area contributed by atoms with Gasteiger partial charge in [0.1, 0.15) is 0 Å². The van der Waals surface area contributed by atoms with Crippen molar-refractivity contribution in [1.29, 1.82) is 0 Å². The molecule has 1 saturated heterocycles. The molecule has 3 rings (SSSR count). The van der Waals surface area contributed by atoms with Crippen molar-refractivity contribution in [3.05, 3.63) is 65.2 Å². The van der Waals surface area contributed by atoms with Crippen LogP contribution < -0.4 is 15.6 Å². The summed E-state index contributed by atoms with van der Waals surface area (Å²) in [5.74, 6) is -1.00. The minimum Gasteiger partial charge on any atom is -0.377 e. The van der Waals surface area contributed by atoms with Gasteiger partial charge in [-0.25, -0.2) is 13.1 Å². The molecule has 2 aromatic rings. The predicted octanol–water partition coefficient (Wildman–Crippen LogP) is 1.53. The molecule has 2 amide bonds. The van der Waals surface area contributed by atoms with Crippen molar-refractivity contribution >= 4 is 21.8 Å². The van der Waals surface area contributed by atoms with E-state index in [2.05, 4.69) is 15.6 Å². The molecule has 154 valence electrons. The first-order chi connectivity index (χ1) is 13.8. The van der Waals surface area contributed by atoms with Gasteiger partial charge >= 0.3 is 0 Å². The van der Waals surface area contributed by atoms with Crippen LogP contribution in [0, 0.1) is 6.92 Å². The first-order valence-corrected chi connectivity index (χ1v) is 10.7. The number of aryl methyl sites for hydroxylation is 1. The molecule has 0 aromatic heterocycles. The summed E-state index contributed by atoms with van der Waals surface area (Å²) >= 11 is 0. The van der Waals surface area contributed by atoms with Gasteiger partial charge in [-0.05, 0) is 56.2 Å². The molecule has 3 N–H and O–H groups in total. The van der Waals surface area contributed by atoms with Gasteiger partial charge in [0.2, 0.25) is 10.0 Å². The lowest BCUT2D eigenvalue weighted by Gasteiger charge is -2.12. The quantitative estimate of drug-likeness (QED) is 0.617. The predicted molar refractivity (Wildman–Crippen MR) is 107 cm³/mol. The van der Waals surface area contributed by atoms with Crippen LogP contribution in [0.1, 0.15) is 39.1 Å². The van der Waals surface area contributed by atoms with Crippen LogP contribution in [0.15, 0.2) is 53.4 Å². The fraction of sp³-hybridized carbons (Fsp3) is 0.300. The van der Waals surface area contributed by atoms with E-state index in [-0.39, 0.29) is 23.1 Å². The van der Waals surface area contributed by atoms with Gasteiger partial charge in [-0.2, -0.15) is 0 Å². The van der Waals surface area contributed by atoms with Crippen molar-refractivity contribution in [3.8, 4) is 0 Å². The van der Waals surface area contributed by atoms with Gasteiger partial charge in [0.25, 0.3) is 11.8 Å². The van der Waals surface area contributed by atoms with Crippen molar-refractivity contribution in [2.24, 2.45) is 0 Å². The molecule has 1 heterocycles. The number of sulfonamides is 1. The summed E-state index contributed by atoms with van der Waals surface area (Å²) in [6.07, 6.45) is 1.65. The number of hydrazine groups is 1. The molecular weight excluding hydrogens is 394 g/mol. The number of nitrogens with one attached hydrogen (secondary N) is 3. The zero-order valence-corrected chi connectivity index (χ0v) is 16.8. The highest BCUT2D eigenvalue weighted by Gasteiger charge is 2.20. The molecule has 29 heavy (non-hydrogen) atoms. The van der Waals surface area contributed by atoms with Crippen molar-refractivity contribution in [1.82, 2.24) is 15.6 Å². The molecular formula is C20H23N3O5S. The number of amides is 2. The summed E-state index contributed by atoms with van der Waals surface area (Å²) in [5, 5.41) is 0. The summed E-state index contributed by atoms with van der Waals surface area (Å²) in [5.41, 5.74) is 6.29. The molecule has 0 radical (unpaired) electrons. The molecule has 8 nitrogen and oxygen atoms in total. The van der Waals surface area contributed by atoms with Crippen LogP contribution in [-0.2, 0) is 14.8 Å². The molecule has 1 fully saturated rings. The Morgan fingerprint density at radius 2 is 1.52 bits per heavy atom. The number of carbonyl (C=O) groups is 2. The van der Waals surface area contributed by atoms with Gasteiger partial charge in [0.15, 0.2) is 0 Å². The average Bonchev–Trinajstić information content (AvgIpc) is 3.25. The highest BCUT2D eigenvalue weighted by atomic mass is 32.2. The van der Waals surface area contributed by atoms with Crippen molar-refractivity contribution in [3.63, 3.8) is 0 Å². The molecule has 0 unspecified atom stereocenters. The summed E-state index contributed by atoms with van der Waals surface area (Å²) in [6, 6.07) is 12.3. The molecule has 2 aromatic carbocycles. The van der Waals surface area contributed by atoms with E-state index in [1.807, 2.05) is 6.92 Å². The molecule has 0 bridgehead atoms. The monoisotopic (exact) mass is 417 g/mol. The maximum atomic E-state index is 12.3. The Balaban J connectivity index is 1.55. The molecule has 1 atom stereocenters. The van der Waals surface area contributed by atoms with E-state index >= 15 is 0 Å². The number of hydrogen-bond acceptors (Lipinski definition) is 5. The summed E-state index contributed by atoms with van der Waals surface area (Å²) in [6.45, 7) is 2.78. The minimum atomic E-state index is -3.69. The Kier molecular flexibility index (Phi) is 6.63. The van der Waals surface area contributed by atoms with E-state index in [4.69, 9.17) is 4.74 Å². The SMILES string of the molecule is Cc1ccc(C(=O)NNC(=O)c2ccc(S(=O)(=O)NC[C@@H]3CCCO3)cc2)cc1. The lowest BCUT2D eigenvalue weighted by atomic mass is 10.1. The van der Waals surface area contributed by atoms with Gasteiger partial charge in [-0.15, -0.1) is 0 Å². The van der Waals surface area contributed by atoms with E-state index in [1.54, 1.807) is 24.3 Å². The fourth-order valence-corrected chi connectivity index (χ4v) is 3.91. The summed E-state index contributed by atoms with van der Waals surface area (Å²) in [7, 11) is -3.69. The highest BCUT2D eigenvalue weighted by Crippen LogP contribution is 2.14. The van der Waals surface area contributed by atoms with E-state index in [0.717, 1.165) is 18.4 Å². The van der Waals surface area contributed by atoms with Crippen molar-refractivity contribution in [2.45, 2.75) is 30.8 Å². The number of carbonyl (C=O) groups excluding carboxylic acids is 2. The first kappa shape index (κ1) is 21.0. The van der Waals surface area contributed by atoms with Crippen LogP contribution in [0.3, 0.4) is 0 Å². The fourth-order valence-electron chi connectivity index (χ4n) is 2.84. The highest BCUT2D eigenvalue weighted by molar-refractivity contribution is 7.89. The second-order valence-corrected chi connectivity index (χ2v) is 8.55. The molecule has 1 aliphatic rings.